The zero-order chi connectivity index (χ0) is 12.1. The first-order valence-corrected chi connectivity index (χ1v) is 5.91. The van der Waals surface area contributed by atoms with E-state index in [1.807, 2.05) is 6.92 Å². The van der Waals surface area contributed by atoms with Crippen LogP contribution in [0.4, 0.5) is 11.9 Å². The predicted molar refractivity (Wildman–Crippen MR) is 64.8 cm³/mol. The van der Waals surface area contributed by atoms with Gasteiger partial charge in [0.1, 0.15) is 0 Å². The smallest absolute Gasteiger partial charge is 0.323 e. The van der Waals surface area contributed by atoms with E-state index in [1.165, 1.54) is 0 Å². The Morgan fingerprint density at radius 2 is 2.29 bits per heavy atom. The van der Waals surface area contributed by atoms with Crippen molar-refractivity contribution in [3.05, 3.63) is 16.6 Å². The van der Waals surface area contributed by atoms with Gasteiger partial charge in [-0.2, -0.15) is 15.0 Å². The summed E-state index contributed by atoms with van der Waals surface area (Å²) in [5.41, 5.74) is 7.31. The van der Waals surface area contributed by atoms with Crippen molar-refractivity contribution in [2.24, 2.45) is 0 Å². The number of ether oxygens (including phenoxy) is 1. The second-order valence-corrected chi connectivity index (χ2v) is 4.02. The van der Waals surface area contributed by atoms with E-state index in [2.05, 4.69) is 25.3 Å². The Balaban J connectivity index is 2.04. The van der Waals surface area contributed by atoms with Gasteiger partial charge in [-0.15, -0.1) is 11.3 Å². The van der Waals surface area contributed by atoms with Crippen LogP contribution >= 0.6 is 11.3 Å². The lowest BCUT2D eigenvalue weighted by Gasteiger charge is -2.05. The number of thiazole rings is 1. The van der Waals surface area contributed by atoms with E-state index >= 15 is 0 Å². The highest BCUT2D eigenvalue weighted by atomic mass is 32.1. The van der Waals surface area contributed by atoms with Crippen LogP contribution in [0.25, 0.3) is 0 Å². The van der Waals surface area contributed by atoms with Crippen LogP contribution in [-0.2, 0) is 6.54 Å². The maximum Gasteiger partial charge on any atom is 0.323 e. The van der Waals surface area contributed by atoms with Crippen molar-refractivity contribution < 1.29 is 4.74 Å². The molecule has 90 valence electrons. The maximum atomic E-state index is 5.55. The van der Waals surface area contributed by atoms with E-state index in [4.69, 9.17) is 10.5 Å². The molecule has 0 aromatic carbocycles. The van der Waals surface area contributed by atoms with Gasteiger partial charge >= 0.3 is 6.01 Å². The van der Waals surface area contributed by atoms with Crippen molar-refractivity contribution in [2.75, 3.05) is 17.7 Å². The first-order chi connectivity index (χ1) is 8.28. The maximum absolute atomic E-state index is 5.55. The lowest BCUT2D eigenvalue weighted by atomic mass is 10.5. The molecule has 0 bridgehead atoms. The third-order valence-corrected chi connectivity index (χ3v) is 2.59. The van der Waals surface area contributed by atoms with Crippen molar-refractivity contribution in [3.63, 3.8) is 0 Å². The molecule has 2 rings (SSSR count). The molecule has 0 aliphatic heterocycles. The number of hydrogen-bond acceptors (Lipinski definition) is 8. The fraction of sp³-hybridized carbons (Fsp3) is 0.333. The second-order valence-electron chi connectivity index (χ2n) is 3.05. The molecular formula is C9H12N6OS. The van der Waals surface area contributed by atoms with Gasteiger partial charge in [0.05, 0.1) is 18.7 Å². The van der Waals surface area contributed by atoms with Crippen LogP contribution in [0.3, 0.4) is 0 Å². The Morgan fingerprint density at radius 1 is 1.41 bits per heavy atom. The number of nitrogen functional groups attached to an aromatic ring is 1. The van der Waals surface area contributed by atoms with E-state index < -0.39 is 0 Å². The number of hydrogen-bond donors (Lipinski definition) is 2. The molecule has 0 unspecified atom stereocenters. The van der Waals surface area contributed by atoms with E-state index in [0.717, 1.165) is 4.88 Å². The minimum absolute atomic E-state index is 0.134. The van der Waals surface area contributed by atoms with Gasteiger partial charge < -0.3 is 15.8 Å². The number of anilines is 2. The standard InChI is InChI=1S/C9H12N6OS/c1-2-16-9-14-7(10)13-8(15-9)12-4-6-3-11-5-17-6/h3,5H,2,4H2,1H3,(H3,10,12,13,14,15). The average molecular weight is 252 g/mol. The molecule has 8 heteroatoms. The van der Waals surface area contributed by atoms with Crippen molar-refractivity contribution >= 4 is 23.2 Å². The highest BCUT2D eigenvalue weighted by Gasteiger charge is 2.05. The monoisotopic (exact) mass is 252 g/mol. The topological polar surface area (TPSA) is 98.8 Å². The molecule has 2 aromatic rings. The molecular weight excluding hydrogens is 240 g/mol. The van der Waals surface area contributed by atoms with Gasteiger partial charge in [-0.1, -0.05) is 0 Å². The Kier molecular flexibility index (Phi) is 3.66. The molecule has 0 aliphatic carbocycles. The van der Waals surface area contributed by atoms with Crippen LogP contribution in [0.1, 0.15) is 11.8 Å². The first-order valence-electron chi connectivity index (χ1n) is 5.03. The summed E-state index contributed by atoms with van der Waals surface area (Å²) in [6.07, 6.45) is 1.78. The molecule has 2 heterocycles. The zero-order valence-electron chi connectivity index (χ0n) is 9.25. The summed E-state index contributed by atoms with van der Waals surface area (Å²) in [4.78, 5) is 16.9. The van der Waals surface area contributed by atoms with Gasteiger partial charge in [-0.25, -0.2) is 0 Å². The third-order valence-electron chi connectivity index (χ3n) is 1.81. The highest BCUT2D eigenvalue weighted by molar-refractivity contribution is 7.09. The van der Waals surface area contributed by atoms with Crippen LogP contribution in [0.15, 0.2) is 11.7 Å². The lowest BCUT2D eigenvalue weighted by molar-refractivity contribution is 0.312. The number of nitrogens with one attached hydrogen (secondary N) is 1. The fourth-order valence-corrected chi connectivity index (χ4v) is 1.67. The van der Waals surface area contributed by atoms with Crippen molar-refractivity contribution in [1.29, 1.82) is 0 Å². The molecule has 0 saturated heterocycles. The summed E-state index contributed by atoms with van der Waals surface area (Å²) in [7, 11) is 0. The van der Waals surface area contributed by atoms with E-state index in [9.17, 15) is 0 Å². The molecule has 0 fully saturated rings. The average Bonchev–Trinajstić information content (AvgIpc) is 2.79. The predicted octanol–water partition coefficient (Wildman–Crippen LogP) is 0.921. The molecule has 2 aromatic heterocycles. The Hall–Kier alpha value is -1.96. The Bertz CT molecular complexity index is 474. The molecule has 0 atom stereocenters. The zero-order valence-corrected chi connectivity index (χ0v) is 10.1. The Labute approximate surface area is 102 Å². The van der Waals surface area contributed by atoms with Gasteiger partial charge in [-0.3, -0.25) is 4.98 Å². The van der Waals surface area contributed by atoms with E-state index in [-0.39, 0.29) is 12.0 Å². The van der Waals surface area contributed by atoms with Crippen LogP contribution in [0, 0.1) is 0 Å². The van der Waals surface area contributed by atoms with Gasteiger partial charge in [0.2, 0.25) is 11.9 Å². The fourth-order valence-electron chi connectivity index (χ4n) is 1.14. The van der Waals surface area contributed by atoms with Crippen molar-refractivity contribution in [3.8, 4) is 6.01 Å². The van der Waals surface area contributed by atoms with E-state index in [0.29, 0.717) is 19.1 Å². The SMILES string of the molecule is CCOc1nc(N)nc(NCc2cncs2)n1. The minimum Gasteiger partial charge on any atom is -0.464 e. The summed E-state index contributed by atoms with van der Waals surface area (Å²) < 4.78 is 5.17. The van der Waals surface area contributed by atoms with Gasteiger partial charge in [0, 0.05) is 11.1 Å². The summed E-state index contributed by atoms with van der Waals surface area (Å²) in [6, 6.07) is 0.229. The normalized spacial score (nSPS) is 10.2. The summed E-state index contributed by atoms with van der Waals surface area (Å²) in [5, 5.41) is 3.03. The van der Waals surface area contributed by atoms with Crippen LogP contribution in [0.2, 0.25) is 0 Å². The molecule has 3 N–H and O–H groups in total. The third kappa shape index (κ3) is 3.25. The molecule has 0 radical (unpaired) electrons. The lowest BCUT2D eigenvalue weighted by Crippen LogP contribution is -2.08. The molecule has 0 spiro atoms. The largest absolute Gasteiger partial charge is 0.464 e. The van der Waals surface area contributed by atoms with E-state index in [1.54, 1.807) is 23.0 Å². The van der Waals surface area contributed by atoms with Crippen molar-refractivity contribution in [2.45, 2.75) is 13.5 Å². The first kappa shape index (κ1) is 11.5. The number of nitrogens with zero attached hydrogens (tertiary/aromatic N) is 4. The van der Waals surface area contributed by atoms with Crippen LogP contribution in [0.5, 0.6) is 6.01 Å². The summed E-state index contributed by atoms with van der Waals surface area (Å²) >= 11 is 1.55. The summed E-state index contributed by atoms with van der Waals surface area (Å²) in [5.74, 6) is 0.532. The highest BCUT2D eigenvalue weighted by Crippen LogP contribution is 2.11. The van der Waals surface area contributed by atoms with Crippen LogP contribution in [-0.4, -0.2) is 26.5 Å². The molecule has 0 amide bonds. The van der Waals surface area contributed by atoms with Gasteiger partial charge in [-0.05, 0) is 6.92 Å². The Morgan fingerprint density at radius 3 is 3.00 bits per heavy atom. The summed E-state index contributed by atoms with van der Waals surface area (Å²) in [6.45, 7) is 2.93. The number of aromatic nitrogens is 4. The van der Waals surface area contributed by atoms with Crippen LogP contribution < -0.4 is 15.8 Å². The van der Waals surface area contributed by atoms with Crippen molar-refractivity contribution in [1.82, 2.24) is 19.9 Å². The quantitative estimate of drug-likeness (QED) is 0.816. The van der Waals surface area contributed by atoms with Gasteiger partial charge in [0.15, 0.2) is 0 Å². The number of rotatable bonds is 5. The second kappa shape index (κ2) is 5.39. The molecule has 17 heavy (non-hydrogen) atoms. The van der Waals surface area contributed by atoms with Gasteiger partial charge in [0.25, 0.3) is 0 Å². The molecule has 7 nitrogen and oxygen atoms in total. The molecule has 0 aliphatic rings. The minimum atomic E-state index is 0.134. The molecule has 0 saturated carbocycles. The number of nitrogens with two attached hydrogens (primary N) is 1.